The maximum atomic E-state index is 12.5. The summed E-state index contributed by atoms with van der Waals surface area (Å²) in [5, 5.41) is -0.446. The molecule has 94 valence electrons. The van der Waals surface area contributed by atoms with Crippen LogP contribution in [0.2, 0.25) is 5.02 Å². The van der Waals surface area contributed by atoms with Gasteiger partial charge in [0, 0.05) is 0 Å². The summed E-state index contributed by atoms with van der Waals surface area (Å²) >= 11 is 5.42. The molecule has 1 aromatic carbocycles. The van der Waals surface area contributed by atoms with E-state index in [1.807, 2.05) is 0 Å². The number of benzene rings is 1. The minimum atomic E-state index is -4.59. The first-order valence-corrected chi connectivity index (χ1v) is 4.85. The third-order valence-electron chi connectivity index (χ3n) is 2.11. The number of hydrogen-bond acceptors (Lipinski definition) is 3. The van der Waals surface area contributed by atoms with E-state index < -0.39 is 28.8 Å². The number of esters is 1. The van der Waals surface area contributed by atoms with E-state index in [4.69, 9.17) is 17.3 Å². The van der Waals surface area contributed by atoms with Gasteiger partial charge in [-0.05, 0) is 17.7 Å². The Balaban J connectivity index is 3.17. The molecule has 0 aliphatic rings. The first kappa shape index (κ1) is 13.8. The smallest absolute Gasteiger partial charge is 0.417 e. The van der Waals surface area contributed by atoms with Crippen LogP contribution < -0.4 is 5.73 Å². The zero-order valence-electron chi connectivity index (χ0n) is 8.72. The quantitative estimate of drug-likeness (QED) is 0.838. The molecule has 2 N–H and O–H groups in total. The Morgan fingerprint density at radius 2 is 2.06 bits per heavy atom. The van der Waals surface area contributed by atoms with Crippen molar-refractivity contribution in [2.75, 3.05) is 7.11 Å². The molecule has 1 aromatic rings. The highest BCUT2D eigenvalue weighted by Gasteiger charge is 2.34. The molecule has 0 aromatic heterocycles. The van der Waals surface area contributed by atoms with E-state index in [-0.39, 0.29) is 5.56 Å². The Morgan fingerprint density at radius 1 is 1.47 bits per heavy atom. The molecular weight excluding hydrogens is 259 g/mol. The van der Waals surface area contributed by atoms with Crippen molar-refractivity contribution in [3.63, 3.8) is 0 Å². The predicted octanol–water partition coefficient (Wildman–Crippen LogP) is 2.53. The summed E-state index contributed by atoms with van der Waals surface area (Å²) in [5.74, 6) is -0.819. The fourth-order valence-electron chi connectivity index (χ4n) is 1.22. The molecule has 0 bridgehead atoms. The summed E-state index contributed by atoms with van der Waals surface area (Å²) in [6.45, 7) is 0. The first-order valence-electron chi connectivity index (χ1n) is 4.47. The molecule has 0 heterocycles. The van der Waals surface area contributed by atoms with Crippen LogP contribution in [0.25, 0.3) is 0 Å². The van der Waals surface area contributed by atoms with Gasteiger partial charge in [0.1, 0.15) is 6.04 Å². The standard InChI is InChI=1S/C10H9ClF3NO2/c1-17-9(16)8(15)5-2-3-7(11)6(4-5)10(12,13)14/h2-4,8H,15H2,1H3. The molecule has 0 amide bonds. The molecule has 7 heteroatoms. The van der Waals surface area contributed by atoms with E-state index in [1.165, 1.54) is 6.07 Å². The normalized spacial score (nSPS) is 13.3. The number of methoxy groups -OCH3 is 1. The van der Waals surface area contributed by atoms with Gasteiger partial charge >= 0.3 is 12.1 Å². The minimum absolute atomic E-state index is 0.00595. The van der Waals surface area contributed by atoms with Crippen LogP contribution in [0.4, 0.5) is 13.2 Å². The van der Waals surface area contributed by atoms with E-state index in [0.29, 0.717) is 0 Å². The number of halogens is 4. The van der Waals surface area contributed by atoms with E-state index >= 15 is 0 Å². The number of carbonyl (C=O) groups excluding carboxylic acids is 1. The lowest BCUT2D eigenvalue weighted by atomic mass is 10.0. The third kappa shape index (κ3) is 3.10. The lowest BCUT2D eigenvalue weighted by Crippen LogP contribution is -2.23. The Hall–Kier alpha value is -1.27. The second-order valence-corrected chi connectivity index (χ2v) is 3.65. The average Bonchev–Trinajstić information content (AvgIpc) is 2.26. The Bertz CT molecular complexity index is 434. The summed E-state index contributed by atoms with van der Waals surface area (Å²) in [6, 6.07) is 1.77. The molecule has 0 radical (unpaired) electrons. The number of hydrogen-bond donors (Lipinski definition) is 1. The SMILES string of the molecule is COC(=O)C(N)c1ccc(Cl)c(C(F)(F)F)c1. The van der Waals surface area contributed by atoms with Gasteiger partial charge in [-0.25, -0.2) is 0 Å². The number of ether oxygens (including phenoxy) is 1. The van der Waals surface area contributed by atoms with Gasteiger partial charge in [0.15, 0.2) is 0 Å². The molecule has 0 fully saturated rings. The van der Waals surface area contributed by atoms with Crippen molar-refractivity contribution in [1.29, 1.82) is 0 Å². The second kappa shape index (κ2) is 4.93. The van der Waals surface area contributed by atoms with Crippen LogP contribution in [0.1, 0.15) is 17.2 Å². The summed E-state index contributed by atoms with van der Waals surface area (Å²) in [5.41, 5.74) is 4.39. The minimum Gasteiger partial charge on any atom is -0.468 e. The van der Waals surface area contributed by atoms with Crippen molar-refractivity contribution >= 4 is 17.6 Å². The van der Waals surface area contributed by atoms with Crippen molar-refractivity contribution in [3.8, 4) is 0 Å². The monoisotopic (exact) mass is 267 g/mol. The van der Waals surface area contributed by atoms with Crippen molar-refractivity contribution in [2.24, 2.45) is 5.73 Å². The highest BCUT2D eigenvalue weighted by molar-refractivity contribution is 6.31. The molecule has 1 atom stereocenters. The Kier molecular flexibility index (Phi) is 4.00. The molecular formula is C10H9ClF3NO2. The summed E-state index contributed by atoms with van der Waals surface area (Å²) in [7, 11) is 1.10. The van der Waals surface area contributed by atoms with Crippen LogP contribution in [-0.2, 0) is 15.7 Å². The van der Waals surface area contributed by atoms with Crippen LogP contribution in [0, 0.1) is 0 Å². The molecule has 17 heavy (non-hydrogen) atoms. The zero-order chi connectivity index (χ0) is 13.2. The fourth-order valence-corrected chi connectivity index (χ4v) is 1.44. The van der Waals surface area contributed by atoms with Gasteiger partial charge in [-0.15, -0.1) is 0 Å². The zero-order valence-corrected chi connectivity index (χ0v) is 9.47. The number of carbonyl (C=O) groups is 1. The summed E-state index contributed by atoms with van der Waals surface area (Å²) in [6.07, 6.45) is -4.59. The summed E-state index contributed by atoms with van der Waals surface area (Å²) in [4.78, 5) is 11.1. The fraction of sp³-hybridized carbons (Fsp3) is 0.300. The Labute approximate surface area is 100 Å². The molecule has 3 nitrogen and oxygen atoms in total. The van der Waals surface area contributed by atoms with Crippen molar-refractivity contribution in [2.45, 2.75) is 12.2 Å². The summed E-state index contributed by atoms with van der Waals surface area (Å²) < 4.78 is 41.9. The van der Waals surface area contributed by atoms with Gasteiger partial charge in [-0.3, -0.25) is 4.79 Å². The van der Waals surface area contributed by atoms with E-state index in [0.717, 1.165) is 19.2 Å². The van der Waals surface area contributed by atoms with Gasteiger partial charge in [0.05, 0.1) is 17.7 Å². The lowest BCUT2D eigenvalue weighted by Gasteiger charge is -2.14. The second-order valence-electron chi connectivity index (χ2n) is 3.24. The van der Waals surface area contributed by atoms with Crippen LogP contribution in [0.3, 0.4) is 0 Å². The third-order valence-corrected chi connectivity index (χ3v) is 2.44. The predicted molar refractivity (Wildman–Crippen MR) is 55.4 cm³/mol. The highest BCUT2D eigenvalue weighted by Crippen LogP contribution is 2.35. The molecule has 1 unspecified atom stereocenters. The van der Waals surface area contributed by atoms with Gasteiger partial charge < -0.3 is 10.5 Å². The lowest BCUT2D eigenvalue weighted by molar-refractivity contribution is -0.142. The number of rotatable bonds is 2. The van der Waals surface area contributed by atoms with Gasteiger partial charge in [0.2, 0.25) is 0 Å². The first-order chi connectivity index (χ1) is 7.77. The van der Waals surface area contributed by atoms with Gasteiger partial charge in [-0.2, -0.15) is 13.2 Å². The molecule has 0 spiro atoms. The van der Waals surface area contributed by atoms with Crippen molar-refractivity contribution < 1.29 is 22.7 Å². The van der Waals surface area contributed by atoms with Crippen LogP contribution in [-0.4, -0.2) is 13.1 Å². The molecule has 0 aliphatic carbocycles. The van der Waals surface area contributed by atoms with Crippen LogP contribution in [0.15, 0.2) is 18.2 Å². The van der Waals surface area contributed by atoms with Crippen molar-refractivity contribution in [1.82, 2.24) is 0 Å². The molecule has 0 saturated carbocycles. The van der Waals surface area contributed by atoms with E-state index in [2.05, 4.69) is 4.74 Å². The molecule has 1 rings (SSSR count). The van der Waals surface area contributed by atoms with E-state index in [1.54, 1.807) is 0 Å². The van der Waals surface area contributed by atoms with E-state index in [9.17, 15) is 18.0 Å². The molecule has 0 saturated heterocycles. The average molecular weight is 268 g/mol. The largest absolute Gasteiger partial charge is 0.468 e. The maximum Gasteiger partial charge on any atom is 0.417 e. The van der Waals surface area contributed by atoms with Crippen LogP contribution >= 0.6 is 11.6 Å². The number of nitrogens with two attached hydrogens (primary N) is 1. The van der Waals surface area contributed by atoms with Gasteiger partial charge in [0.25, 0.3) is 0 Å². The molecule has 0 aliphatic heterocycles. The maximum absolute atomic E-state index is 12.5. The highest BCUT2D eigenvalue weighted by atomic mass is 35.5. The Morgan fingerprint density at radius 3 is 2.53 bits per heavy atom. The topological polar surface area (TPSA) is 52.3 Å². The van der Waals surface area contributed by atoms with Gasteiger partial charge in [-0.1, -0.05) is 17.7 Å². The van der Waals surface area contributed by atoms with Crippen molar-refractivity contribution in [3.05, 3.63) is 34.3 Å². The number of alkyl halides is 3. The van der Waals surface area contributed by atoms with Crippen LogP contribution in [0.5, 0.6) is 0 Å².